The van der Waals surface area contributed by atoms with Crippen molar-refractivity contribution in [2.75, 3.05) is 21.3 Å². The fourth-order valence-corrected chi connectivity index (χ4v) is 3.60. The molecule has 9 nitrogen and oxygen atoms in total. The average Bonchev–Trinajstić information content (AvgIpc) is 2.88. The standard InChI is InChI=1S/C25H23Cl2N3O6/c1-33-20-14-21(34-2)30-25(29-20)36-16-12-10-15(11-13-16)6-4-9-19(24(32)35-3)28-23(31)22-17(26)7-5-8-18(22)27/h4-8,10-14,19H,9H2,1-3H3,(H,28,31)/b6-4+. The summed E-state index contributed by atoms with van der Waals surface area (Å²) < 4.78 is 20.7. The largest absolute Gasteiger partial charge is 0.481 e. The molecule has 1 heterocycles. The number of carbonyl (C=O) groups is 2. The Kier molecular flexibility index (Phi) is 9.49. The van der Waals surface area contributed by atoms with Crippen molar-refractivity contribution in [3.05, 3.63) is 75.8 Å². The smallest absolute Gasteiger partial charge is 0.328 e. The molecule has 1 amide bonds. The number of aromatic nitrogens is 2. The molecule has 0 aliphatic heterocycles. The van der Waals surface area contributed by atoms with Gasteiger partial charge in [0.1, 0.15) is 11.8 Å². The molecule has 0 radical (unpaired) electrons. The zero-order chi connectivity index (χ0) is 26.1. The number of nitrogens with one attached hydrogen (secondary N) is 1. The Morgan fingerprint density at radius 1 is 0.972 bits per heavy atom. The molecule has 1 aromatic heterocycles. The van der Waals surface area contributed by atoms with E-state index in [1.54, 1.807) is 54.6 Å². The molecule has 188 valence electrons. The van der Waals surface area contributed by atoms with E-state index in [9.17, 15) is 9.59 Å². The lowest BCUT2D eigenvalue weighted by atomic mass is 10.1. The molecule has 0 aliphatic carbocycles. The fraction of sp³-hybridized carbons (Fsp3) is 0.200. The topological polar surface area (TPSA) is 109 Å². The Labute approximate surface area is 218 Å². The highest BCUT2D eigenvalue weighted by atomic mass is 35.5. The van der Waals surface area contributed by atoms with Crippen LogP contribution in [0, 0.1) is 0 Å². The summed E-state index contributed by atoms with van der Waals surface area (Å²) in [5, 5.41) is 2.98. The van der Waals surface area contributed by atoms with Gasteiger partial charge in [0, 0.05) is 0 Å². The first kappa shape index (κ1) is 26.8. The van der Waals surface area contributed by atoms with Gasteiger partial charge >= 0.3 is 12.0 Å². The van der Waals surface area contributed by atoms with E-state index in [4.69, 9.17) is 42.1 Å². The zero-order valence-electron chi connectivity index (χ0n) is 19.7. The van der Waals surface area contributed by atoms with Gasteiger partial charge in [0.15, 0.2) is 0 Å². The normalized spacial score (nSPS) is 11.6. The first-order chi connectivity index (χ1) is 17.3. The van der Waals surface area contributed by atoms with Gasteiger partial charge in [-0.2, -0.15) is 9.97 Å². The van der Waals surface area contributed by atoms with Crippen molar-refractivity contribution in [3.8, 4) is 23.5 Å². The molecule has 36 heavy (non-hydrogen) atoms. The van der Waals surface area contributed by atoms with Crippen LogP contribution in [0.15, 0.2) is 54.6 Å². The number of benzene rings is 2. The van der Waals surface area contributed by atoms with Gasteiger partial charge in [-0.3, -0.25) is 4.79 Å². The first-order valence-electron chi connectivity index (χ1n) is 10.6. The van der Waals surface area contributed by atoms with E-state index in [0.29, 0.717) is 17.5 Å². The van der Waals surface area contributed by atoms with Gasteiger partial charge in [0.25, 0.3) is 5.91 Å². The summed E-state index contributed by atoms with van der Waals surface area (Å²) in [5.74, 6) is -0.0689. The van der Waals surface area contributed by atoms with Crippen molar-refractivity contribution in [1.29, 1.82) is 0 Å². The van der Waals surface area contributed by atoms with Gasteiger partial charge in [0.05, 0.1) is 43.0 Å². The highest BCUT2D eigenvalue weighted by molar-refractivity contribution is 6.39. The molecule has 1 unspecified atom stereocenters. The second-order valence-corrected chi connectivity index (χ2v) is 8.00. The van der Waals surface area contributed by atoms with Crippen LogP contribution in [0.1, 0.15) is 22.3 Å². The Bertz CT molecular complexity index is 1210. The number of hydrogen-bond acceptors (Lipinski definition) is 8. The maximum absolute atomic E-state index is 12.7. The predicted molar refractivity (Wildman–Crippen MR) is 135 cm³/mol. The van der Waals surface area contributed by atoms with Crippen molar-refractivity contribution in [2.45, 2.75) is 12.5 Å². The molecule has 1 atom stereocenters. The first-order valence-corrected chi connectivity index (χ1v) is 11.3. The van der Waals surface area contributed by atoms with Crippen LogP contribution in [-0.4, -0.2) is 49.2 Å². The number of nitrogens with zero attached hydrogens (tertiary/aromatic N) is 2. The molecule has 0 fully saturated rings. The molecular formula is C25H23Cl2N3O6. The Balaban J connectivity index is 1.65. The fourth-order valence-electron chi connectivity index (χ4n) is 3.03. The highest BCUT2D eigenvalue weighted by Gasteiger charge is 2.23. The quantitative estimate of drug-likeness (QED) is 0.365. The summed E-state index contributed by atoms with van der Waals surface area (Å²) >= 11 is 12.2. The van der Waals surface area contributed by atoms with Gasteiger partial charge < -0.3 is 24.3 Å². The van der Waals surface area contributed by atoms with E-state index < -0.39 is 17.9 Å². The summed E-state index contributed by atoms with van der Waals surface area (Å²) in [5.41, 5.74) is 0.919. The number of rotatable bonds is 10. The molecule has 2 aromatic carbocycles. The third-order valence-corrected chi connectivity index (χ3v) is 5.46. The van der Waals surface area contributed by atoms with E-state index >= 15 is 0 Å². The minimum absolute atomic E-state index is 0.0739. The van der Waals surface area contributed by atoms with E-state index in [0.717, 1.165) is 5.56 Å². The molecular weight excluding hydrogens is 509 g/mol. The van der Waals surface area contributed by atoms with Gasteiger partial charge in [-0.15, -0.1) is 0 Å². The lowest BCUT2D eigenvalue weighted by Crippen LogP contribution is -2.41. The number of methoxy groups -OCH3 is 3. The molecule has 11 heteroatoms. The molecule has 3 aromatic rings. The van der Waals surface area contributed by atoms with Crippen molar-refractivity contribution in [1.82, 2.24) is 15.3 Å². The van der Waals surface area contributed by atoms with Crippen LogP contribution < -0.4 is 19.5 Å². The molecule has 0 saturated carbocycles. The van der Waals surface area contributed by atoms with Gasteiger partial charge in [0.2, 0.25) is 11.8 Å². The maximum Gasteiger partial charge on any atom is 0.328 e. The highest BCUT2D eigenvalue weighted by Crippen LogP contribution is 2.25. The molecule has 0 spiro atoms. The van der Waals surface area contributed by atoms with Gasteiger partial charge in [-0.25, -0.2) is 4.79 Å². The minimum atomic E-state index is -0.936. The monoisotopic (exact) mass is 531 g/mol. The third-order valence-electron chi connectivity index (χ3n) is 4.83. The average molecular weight is 532 g/mol. The van der Waals surface area contributed by atoms with Crippen molar-refractivity contribution >= 4 is 41.2 Å². The number of amides is 1. The Morgan fingerprint density at radius 3 is 2.14 bits per heavy atom. The third kappa shape index (κ3) is 7.10. The van der Waals surface area contributed by atoms with E-state index in [1.807, 2.05) is 0 Å². The summed E-state index contributed by atoms with van der Waals surface area (Å²) in [7, 11) is 4.21. The van der Waals surface area contributed by atoms with Crippen LogP contribution in [0.3, 0.4) is 0 Å². The second kappa shape index (κ2) is 12.8. The Morgan fingerprint density at radius 2 is 1.58 bits per heavy atom. The van der Waals surface area contributed by atoms with Crippen LogP contribution in [0.5, 0.6) is 23.5 Å². The lowest BCUT2D eigenvalue weighted by molar-refractivity contribution is -0.142. The van der Waals surface area contributed by atoms with Crippen molar-refractivity contribution in [2.24, 2.45) is 0 Å². The molecule has 0 bridgehead atoms. The summed E-state index contributed by atoms with van der Waals surface area (Å²) in [6.45, 7) is 0. The van der Waals surface area contributed by atoms with Crippen LogP contribution >= 0.6 is 23.2 Å². The van der Waals surface area contributed by atoms with Crippen LogP contribution in [0.4, 0.5) is 0 Å². The van der Waals surface area contributed by atoms with Crippen molar-refractivity contribution in [3.63, 3.8) is 0 Å². The van der Waals surface area contributed by atoms with Gasteiger partial charge in [-0.1, -0.05) is 53.6 Å². The lowest BCUT2D eigenvalue weighted by Gasteiger charge is -2.16. The van der Waals surface area contributed by atoms with Crippen LogP contribution in [0.2, 0.25) is 10.0 Å². The molecule has 0 aliphatic rings. The predicted octanol–water partition coefficient (Wildman–Crippen LogP) is 4.97. The molecule has 0 saturated heterocycles. The summed E-state index contributed by atoms with van der Waals surface area (Å²) in [6, 6.07) is 12.4. The van der Waals surface area contributed by atoms with E-state index in [2.05, 4.69) is 15.3 Å². The number of halogens is 2. The molecule has 1 N–H and O–H groups in total. The van der Waals surface area contributed by atoms with E-state index in [-0.39, 0.29) is 28.0 Å². The van der Waals surface area contributed by atoms with Crippen LogP contribution in [-0.2, 0) is 9.53 Å². The maximum atomic E-state index is 12.7. The second-order valence-electron chi connectivity index (χ2n) is 7.19. The Hall–Kier alpha value is -3.82. The minimum Gasteiger partial charge on any atom is -0.481 e. The molecule has 3 rings (SSSR count). The summed E-state index contributed by atoms with van der Waals surface area (Å²) in [6.07, 6.45) is 3.71. The van der Waals surface area contributed by atoms with Crippen molar-refractivity contribution < 1.29 is 28.5 Å². The van der Waals surface area contributed by atoms with E-state index in [1.165, 1.54) is 27.4 Å². The number of ether oxygens (including phenoxy) is 4. The SMILES string of the molecule is COC(=O)C(C/C=C/c1ccc(Oc2nc(OC)cc(OC)n2)cc1)NC(=O)c1c(Cl)cccc1Cl. The number of carbonyl (C=O) groups excluding carboxylic acids is 2. The zero-order valence-corrected chi connectivity index (χ0v) is 21.2. The number of esters is 1. The summed E-state index contributed by atoms with van der Waals surface area (Å²) in [4.78, 5) is 33.1. The number of hydrogen-bond donors (Lipinski definition) is 1. The van der Waals surface area contributed by atoms with Crippen LogP contribution in [0.25, 0.3) is 6.08 Å². The van der Waals surface area contributed by atoms with Gasteiger partial charge in [-0.05, 0) is 36.2 Å².